The minimum atomic E-state index is -0.826. The van der Waals surface area contributed by atoms with Gasteiger partial charge in [-0.1, -0.05) is 158 Å². The van der Waals surface area contributed by atoms with Gasteiger partial charge in [0.05, 0.1) is 26.1 Å². The molecular weight excluding hydrogens is 1650 g/mol. The zero-order valence-corrected chi connectivity index (χ0v) is 69.6. The van der Waals surface area contributed by atoms with Crippen molar-refractivity contribution in [3.63, 3.8) is 0 Å². The second kappa shape index (κ2) is 37.0. The van der Waals surface area contributed by atoms with Gasteiger partial charge >= 0.3 is 0 Å². The maximum atomic E-state index is 14.6. The Bertz CT molecular complexity index is 5570. The Morgan fingerprint density at radius 2 is 0.811 bits per heavy atom. The molecule has 2 aromatic heterocycles. The van der Waals surface area contributed by atoms with E-state index in [4.69, 9.17) is 9.47 Å². The van der Waals surface area contributed by atoms with Crippen LogP contribution in [0.15, 0.2) is 239 Å². The number of hydrogen-bond acceptors (Lipinski definition) is 17. The minimum absolute atomic E-state index is 0.0715. The molecule has 9 heterocycles. The van der Waals surface area contributed by atoms with Crippen molar-refractivity contribution in [2.45, 2.75) is 136 Å². The number of carbonyl (C=O) groups excluding carboxylic acids is 4. The highest BCUT2D eigenvalue weighted by Crippen LogP contribution is 2.59. The van der Waals surface area contributed by atoms with Gasteiger partial charge in [0.2, 0.25) is 23.6 Å². The van der Waals surface area contributed by atoms with Crippen LogP contribution in [0.2, 0.25) is 0 Å². The molecule has 1 N–H and O–H groups in total. The van der Waals surface area contributed by atoms with E-state index in [0.717, 1.165) is 188 Å². The summed E-state index contributed by atoms with van der Waals surface area (Å²) in [5.41, 5.74) is 7.86. The van der Waals surface area contributed by atoms with E-state index >= 15 is 0 Å². The number of carbonyl (C=O) groups is 4. The number of pyridine rings is 2. The summed E-state index contributed by atoms with van der Waals surface area (Å²) >= 11 is 5.27. The van der Waals surface area contributed by atoms with Crippen LogP contribution in [-0.2, 0) is 64.3 Å². The SMILES string of the molecule is CCCCCC(=O)N1N=C(c2cc(F)ccc2F)SC12CCOc1ccccc12.O=C(CC1CCNCC1)N1N=C(c2cc(F)ccc2F)SC12CCOc1ccccc12.O=C(Cc1cccnc1)N1N=C(c2cc(F)ccc2F)SC12CCCc1ccccc12.O=C(Cc1ccncc1)N1N=C(c2cc(F)ccc2F)SC12CCCc1ccccc12. The van der Waals surface area contributed by atoms with Crippen LogP contribution in [0, 0.1) is 52.5 Å². The summed E-state index contributed by atoms with van der Waals surface area (Å²) in [5.74, 6) is -3.35. The lowest BCUT2D eigenvalue weighted by molar-refractivity contribution is -0.137. The quantitative estimate of drug-likeness (QED) is 0.0801. The summed E-state index contributed by atoms with van der Waals surface area (Å²) in [7, 11) is 0. The van der Waals surface area contributed by atoms with Crippen molar-refractivity contribution in [1.29, 1.82) is 0 Å². The Kier molecular flexibility index (Phi) is 25.7. The molecule has 10 aromatic rings. The van der Waals surface area contributed by atoms with Crippen molar-refractivity contribution in [1.82, 2.24) is 35.3 Å². The molecule has 29 heteroatoms. The second-order valence-corrected chi connectivity index (χ2v) is 35.7. The Morgan fingerprint density at radius 1 is 0.418 bits per heavy atom. The summed E-state index contributed by atoms with van der Waals surface area (Å²) in [4.78, 5) is 58.4. The topological polar surface area (TPSA) is 187 Å². The number of hydrogen-bond donors (Lipinski definition) is 1. The van der Waals surface area contributed by atoms with E-state index in [9.17, 15) is 54.3 Å². The number of piperidine rings is 1. The number of nitrogens with one attached hydrogen (secondary N) is 1. The van der Waals surface area contributed by atoms with Crippen LogP contribution in [0.5, 0.6) is 11.5 Å². The molecule has 7 aliphatic heterocycles. The van der Waals surface area contributed by atoms with E-state index < -0.39 is 66.0 Å². The summed E-state index contributed by atoms with van der Waals surface area (Å²) < 4.78 is 125. The normalized spacial score (nSPS) is 20.9. The van der Waals surface area contributed by atoms with Gasteiger partial charge in [-0.3, -0.25) is 29.1 Å². The number of rotatable bonds is 14. The maximum absolute atomic E-state index is 14.6. The molecule has 1 fully saturated rings. The number of thioether (sulfide) groups is 4. The molecule has 4 unspecified atom stereocenters. The second-order valence-electron chi connectivity index (χ2n) is 30.6. The largest absolute Gasteiger partial charge is 0.493 e. The van der Waals surface area contributed by atoms with Crippen LogP contribution in [-0.4, -0.2) is 100 Å². The van der Waals surface area contributed by atoms with Gasteiger partial charge in [-0.15, -0.1) is 0 Å². The van der Waals surface area contributed by atoms with Gasteiger partial charge < -0.3 is 14.8 Å². The molecule has 0 saturated carbocycles. The smallest absolute Gasteiger partial charge is 0.248 e. The number of para-hydroxylation sites is 2. The Balaban J connectivity index is 0.000000121. The number of amides is 4. The van der Waals surface area contributed by atoms with Gasteiger partial charge in [0.25, 0.3) is 0 Å². The van der Waals surface area contributed by atoms with Crippen molar-refractivity contribution in [2.75, 3.05) is 26.3 Å². The van der Waals surface area contributed by atoms with Gasteiger partial charge in [-0.05, 0) is 213 Å². The van der Waals surface area contributed by atoms with Gasteiger partial charge in [-0.2, -0.15) is 20.4 Å². The van der Waals surface area contributed by atoms with Crippen LogP contribution < -0.4 is 14.8 Å². The standard InChI is InChI=1S/2C24H19F2N3OS.C23H23F2N3O2S.C22H22F2N2O2S/c25-18-9-10-21(26)19(14-18)23-28-29(22(30)13-16-5-4-12-27-15-16)24(31-23)11-3-7-17-6-1-2-8-20(17)24;25-18-7-8-21(26)19(15-18)23-28-29(22(30)14-16-9-12-27-13-10-16)24(31-23)11-3-5-17-4-1-2-6-20(17)24;24-16-5-6-19(25)17(14-16)22-27-28(21(29)13-15-7-10-26-11-8-15)23(31-22)9-12-30-20-4-2-1-3-18(20)23;1-2-3-4-9-20(27)26-22(12-13-28-19-8-6-5-7-17(19)22)29-21(25-26)16-14-15(23)10-11-18(16)24/h1-2,4-6,8-10,12,14-15H,3,7,11,13H2;1-2,4,6-10,12-13,15H,3,5,11,14H2;1-6,14-15,26H,7-13H2;5-8,10-11,14H,2-4,9,12-13H2,1H3. The monoisotopic (exact) mass is 1730 g/mol. The fourth-order valence-corrected chi connectivity index (χ4v) is 22.6. The molecule has 0 bridgehead atoms. The highest BCUT2D eigenvalue weighted by Gasteiger charge is 2.56. The number of unbranched alkanes of at least 4 members (excludes halogenated alkanes) is 2. The third-order valence-electron chi connectivity index (χ3n) is 22.7. The Labute approximate surface area is 717 Å². The fraction of sp³-hybridized carbons (Fsp3) is 0.290. The van der Waals surface area contributed by atoms with E-state index in [0.29, 0.717) is 83.4 Å². The average Bonchev–Trinajstić information content (AvgIpc) is 1.58. The lowest BCUT2D eigenvalue weighted by atomic mass is 9.86. The predicted octanol–water partition coefficient (Wildman–Crippen LogP) is 19.7. The molecule has 2 aliphatic carbocycles. The summed E-state index contributed by atoms with van der Waals surface area (Å²) in [6.07, 6.45) is 18.2. The van der Waals surface area contributed by atoms with Crippen molar-refractivity contribution in [3.8, 4) is 11.5 Å². The number of aryl methyl sites for hydroxylation is 2. The lowest BCUT2D eigenvalue weighted by Gasteiger charge is -2.40. The molecule has 19 rings (SSSR count). The number of benzene rings is 8. The molecule has 4 spiro atoms. The van der Waals surface area contributed by atoms with Crippen LogP contribution in [0.1, 0.15) is 157 Å². The van der Waals surface area contributed by atoms with Crippen molar-refractivity contribution < 1.29 is 63.8 Å². The molecular formula is C93H83F8N11O6S4. The number of aromatic nitrogens is 2. The van der Waals surface area contributed by atoms with E-state index in [2.05, 4.69) is 54.7 Å². The molecule has 4 amide bonds. The zero-order valence-electron chi connectivity index (χ0n) is 66.3. The molecule has 1 saturated heterocycles. The summed E-state index contributed by atoms with van der Waals surface area (Å²) in [6, 6.07) is 51.5. The van der Waals surface area contributed by atoms with Crippen LogP contribution in [0.4, 0.5) is 35.1 Å². The zero-order chi connectivity index (χ0) is 84.7. The first-order chi connectivity index (χ1) is 59.2. The number of halogens is 8. The first-order valence-corrected chi connectivity index (χ1v) is 43.9. The maximum Gasteiger partial charge on any atom is 0.248 e. The average molecular weight is 1730 g/mol. The molecule has 122 heavy (non-hydrogen) atoms. The summed E-state index contributed by atoms with van der Waals surface area (Å²) in [5, 5.41) is 28.8. The molecule has 17 nitrogen and oxygen atoms in total. The molecule has 4 atom stereocenters. The first kappa shape index (κ1) is 84.6. The highest BCUT2D eigenvalue weighted by molar-refractivity contribution is 8.16. The molecule has 8 aromatic carbocycles. The van der Waals surface area contributed by atoms with Gasteiger partial charge in [0.15, 0.2) is 0 Å². The lowest BCUT2D eigenvalue weighted by Crippen LogP contribution is -2.45. The van der Waals surface area contributed by atoms with E-state index in [1.165, 1.54) is 67.1 Å². The molecule has 9 aliphatic rings. The number of fused-ring (bicyclic) bond motifs is 8. The fourth-order valence-electron chi connectivity index (χ4n) is 16.8. The van der Waals surface area contributed by atoms with Gasteiger partial charge in [0, 0.05) is 83.9 Å². The van der Waals surface area contributed by atoms with Crippen LogP contribution in [0.3, 0.4) is 0 Å². The van der Waals surface area contributed by atoms with E-state index in [1.807, 2.05) is 91.0 Å². The minimum Gasteiger partial charge on any atom is -0.493 e. The molecule has 626 valence electrons. The van der Waals surface area contributed by atoms with E-state index in [1.54, 1.807) is 43.0 Å². The summed E-state index contributed by atoms with van der Waals surface area (Å²) in [6.45, 7) is 4.71. The van der Waals surface area contributed by atoms with Crippen molar-refractivity contribution in [3.05, 3.63) is 332 Å². The number of nitrogens with zero attached hydrogens (tertiary/aromatic N) is 10. The third-order valence-corrected chi connectivity index (χ3v) is 28.4. The first-order valence-electron chi connectivity index (χ1n) is 40.6. The Hall–Kier alpha value is -11.0. The van der Waals surface area contributed by atoms with Gasteiger partial charge in [0.1, 0.15) is 97.7 Å². The van der Waals surface area contributed by atoms with Gasteiger partial charge in [-0.25, -0.2) is 55.2 Å². The van der Waals surface area contributed by atoms with E-state index in [-0.39, 0.29) is 64.6 Å². The van der Waals surface area contributed by atoms with Crippen molar-refractivity contribution >= 4 is 90.9 Å². The van der Waals surface area contributed by atoms with Crippen LogP contribution >= 0.6 is 47.0 Å². The third kappa shape index (κ3) is 17.4. The Morgan fingerprint density at radius 3 is 1.24 bits per heavy atom. The van der Waals surface area contributed by atoms with Crippen LogP contribution in [0.25, 0.3) is 0 Å². The van der Waals surface area contributed by atoms with Crippen molar-refractivity contribution in [2.24, 2.45) is 26.3 Å². The predicted molar refractivity (Wildman–Crippen MR) is 458 cm³/mol. The number of hydrazone groups is 4. The molecule has 0 radical (unpaired) electrons. The number of ether oxygens (including phenoxy) is 2. The highest BCUT2D eigenvalue weighted by atomic mass is 32.2.